The molecular weight excluding hydrogens is 461 g/mol. The number of imide groups is 2. The summed E-state index contributed by atoms with van der Waals surface area (Å²) in [7, 11) is 0. The van der Waals surface area contributed by atoms with E-state index >= 15 is 4.39 Å². The van der Waals surface area contributed by atoms with Crippen LogP contribution in [0.2, 0.25) is 0 Å². The van der Waals surface area contributed by atoms with Crippen LogP contribution in [0.1, 0.15) is 42.7 Å². The Morgan fingerprint density at radius 2 is 1.97 bits per heavy atom. The number of nitrogens with zero attached hydrogens (tertiary/aromatic N) is 2. The average Bonchev–Trinajstić information content (AvgIpc) is 3.52. The maximum atomic E-state index is 16.0. The van der Waals surface area contributed by atoms with Gasteiger partial charge in [0.15, 0.2) is 16.9 Å². The number of hydrogen-bond acceptors (Lipinski definition) is 8. The summed E-state index contributed by atoms with van der Waals surface area (Å²) >= 11 is 0. The van der Waals surface area contributed by atoms with Crippen molar-refractivity contribution < 1.29 is 32.8 Å². The number of anilines is 1. The number of carbonyl (C=O) groups is 4. The van der Waals surface area contributed by atoms with Gasteiger partial charge >= 0.3 is 6.03 Å². The van der Waals surface area contributed by atoms with Crippen molar-refractivity contribution in [2.24, 2.45) is 11.3 Å². The lowest BCUT2D eigenvalue weighted by Crippen LogP contribution is -2.75. The molecule has 4 aliphatic rings. The van der Waals surface area contributed by atoms with Gasteiger partial charge < -0.3 is 19.5 Å². The normalized spacial score (nSPS) is 27.3. The third-order valence-corrected chi connectivity index (χ3v) is 7.43. The monoisotopic (exact) mass is 485 g/mol. The highest BCUT2D eigenvalue weighted by molar-refractivity contribution is 6.20. The summed E-state index contributed by atoms with van der Waals surface area (Å²) in [6.45, 7) is 4.22. The van der Waals surface area contributed by atoms with E-state index in [1.54, 1.807) is 17.9 Å². The second-order valence-corrected chi connectivity index (χ2v) is 9.89. The first kappa shape index (κ1) is 22.0. The molecule has 1 aliphatic carbocycles. The zero-order chi connectivity index (χ0) is 24.6. The first-order valence-corrected chi connectivity index (χ1v) is 11.7. The Hall–Kier alpha value is -3.54. The van der Waals surface area contributed by atoms with E-state index in [9.17, 15) is 19.2 Å². The first-order chi connectivity index (χ1) is 16.7. The van der Waals surface area contributed by atoms with E-state index in [1.807, 2.05) is 6.92 Å². The van der Waals surface area contributed by atoms with Gasteiger partial charge in [-0.05, 0) is 44.2 Å². The topological polar surface area (TPSA) is 143 Å². The zero-order valence-electron chi connectivity index (χ0n) is 19.1. The number of benzene rings is 1. The van der Waals surface area contributed by atoms with Crippen LogP contribution in [0.15, 0.2) is 10.6 Å². The minimum atomic E-state index is -1.74. The molecule has 5 amide bonds. The van der Waals surface area contributed by atoms with Crippen molar-refractivity contribution in [1.29, 1.82) is 0 Å². The Bertz CT molecular complexity index is 1280. The fourth-order valence-electron chi connectivity index (χ4n) is 5.76. The number of carbonyl (C=O) groups excluding carboxylic acids is 4. The summed E-state index contributed by atoms with van der Waals surface area (Å²) in [6.07, 6.45) is 0.944. The third-order valence-electron chi connectivity index (χ3n) is 7.43. The van der Waals surface area contributed by atoms with Crippen LogP contribution >= 0.6 is 0 Å². The molecular formula is C23H24FN5O6. The predicted molar refractivity (Wildman–Crippen MR) is 118 cm³/mol. The second-order valence-electron chi connectivity index (χ2n) is 9.89. The highest BCUT2D eigenvalue weighted by atomic mass is 19.1. The third kappa shape index (κ3) is 3.15. The maximum absolute atomic E-state index is 16.0. The molecule has 1 aromatic heterocycles. The molecule has 1 saturated carbocycles. The average molecular weight is 485 g/mol. The van der Waals surface area contributed by atoms with Crippen LogP contribution in [0.5, 0.6) is 0 Å². The number of barbiturate groups is 1. The van der Waals surface area contributed by atoms with E-state index in [0.29, 0.717) is 18.0 Å². The number of urea groups is 1. The van der Waals surface area contributed by atoms with Gasteiger partial charge in [0.05, 0.1) is 29.3 Å². The number of aromatic nitrogens is 1. The van der Waals surface area contributed by atoms with Crippen LogP contribution in [-0.4, -0.2) is 60.2 Å². The van der Waals surface area contributed by atoms with Gasteiger partial charge in [-0.3, -0.25) is 25.0 Å². The van der Waals surface area contributed by atoms with E-state index in [-0.39, 0.29) is 41.4 Å². The number of amides is 5. The van der Waals surface area contributed by atoms with E-state index in [1.165, 1.54) is 0 Å². The van der Waals surface area contributed by atoms with Crippen molar-refractivity contribution in [3.8, 4) is 0 Å². The molecule has 1 aromatic carbocycles. The van der Waals surface area contributed by atoms with E-state index in [2.05, 4.69) is 21.1 Å². The smallest absolute Gasteiger partial charge is 0.328 e. The summed E-state index contributed by atoms with van der Waals surface area (Å²) in [5.74, 6) is -2.31. The Labute approximate surface area is 198 Å². The Balaban J connectivity index is 1.51. The van der Waals surface area contributed by atoms with E-state index in [0.717, 1.165) is 12.8 Å². The first-order valence-electron chi connectivity index (χ1n) is 11.7. The SMILES string of the molecule is C[C@H]1CN2c3c(cc4c(C(=O)NCC5CC5)noc4c3F)CC3(C(=O)NC(=O)NC3=O)[C@@H]2[C@@H](C)O1. The van der Waals surface area contributed by atoms with Crippen LogP contribution in [0.3, 0.4) is 0 Å². The van der Waals surface area contributed by atoms with Crippen molar-refractivity contribution in [2.45, 2.75) is 51.4 Å². The summed E-state index contributed by atoms with van der Waals surface area (Å²) in [5, 5.41) is 11.2. The molecule has 11 nitrogen and oxygen atoms in total. The molecule has 2 aromatic rings. The van der Waals surface area contributed by atoms with Gasteiger partial charge in [-0.25, -0.2) is 9.18 Å². The van der Waals surface area contributed by atoms with Crippen molar-refractivity contribution in [3.05, 3.63) is 23.1 Å². The van der Waals surface area contributed by atoms with Gasteiger partial charge in [0, 0.05) is 19.5 Å². The molecule has 35 heavy (non-hydrogen) atoms. The molecule has 0 unspecified atom stereocenters. The van der Waals surface area contributed by atoms with Gasteiger partial charge in [-0.1, -0.05) is 5.16 Å². The van der Waals surface area contributed by atoms with Crippen LogP contribution < -0.4 is 20.9 Å². The lowest BCUT2D eigenvalue weighted by molar-refractivity contribution is -0.153. The van der Waals surface area contributed by atoms with Gasteiger partial charge in [-0.15, -0.1) is 0 Å². The van der Waals surface area contributed by atoms with E-state index in [4.69, 9.17) is 9.26 Å². The minimum Gasteiger partial charge on any atom is -0.372 e. The summed E-state index contributed by atoms with van der Waals surface area (Å²) in [4.78, 5) is 52.7. The number of rotatable bonds is 3. The lowest BCUT2D eigenvalue weighted by Gasteiger charge is -2.55. The number of nitrogens with one attached hydrogen (secondary N) is 3. The van der Waals surface area contributed by atoms with Crippen molar-refractivity contribution in [1.82, 2.24) is 21.1 Å². The molecule has 3 N–H and O–H groups in total. The van der Waals surface area contributed by atoms with Crippen LogP contribution in [0, 0.1) is 17.2 Å². The van der Waals surface area contributed by atoms with Gasteiger partial charge in [-0.2, -0.15) is 0 Å². The Morgan fingerprint density at radius 1 is 1.26 bits per heavy atom. The highest BCUT2D eigenvalue weighted by Crippen LogP contribution is 2.49. The van der Waals surface area contributed by atoms with Gasteiger partial charge in [0.2, 0.25) is 17.4 Å². The highest BCUT2D eigenvalue weighted by Gasteiger charge is 2.63. The quantitative estimate of drug-likeness (QED) is 0.547. The molecule has 6 rings (SSSR count). The molecule has 12 heteroatoms. The fourth-order valence-corrected chi connectivity index (χ4v) is 5.76. The molecule has 3 atom stereocenters. The molecule has 0 radical (unpaired) electrons. The maximum Gasteiger partial charge on any atom is 0.328 e. The zero-order valence-corrected chi connectivity index (χ0v) is 19.1. The molecule has 3 fully saturated rings. The molecule has 184 valence electrons. The Morgan fingerprint density at radius 3 is 2.66 bits per heavy atom. The molecule has 2 saturated heterocycles. The van der Waals surface area contributed by atoms with Gasteiger partial charge in [0.25, 0.3) is 5.91 Å². The van der Waals surface area contributed by atoms with Crippen LogP contribution in [0.4, 0.5) is 14.9 Å². The largest absolute Gasteiger partial charge is 0.372 e. The predicted octanol–water partition coefficient (Wildman–Crippen LogP) is 0.997. The van der Waals surface area contributed by atoms with Gasteiger partial charge in [0.1, 0.15) is 0 Å². The summed E-state index contributed by atoms with van der Waals surface area (Å²) < 4.78 is 27.2. The fraction of sp³-hybridized carbons (Fsp3) is 0.522. The minimum absolute atomic E-state index is 0.0602. The van der Waals surface area contributed by atoms with Crippen molar-refractivity contribution in [2.75, 3.05) is 18.0 Å². The number of fused-ring (bicyclic) bond motifs is 5. The summed E-state index contributed by atoms with van der Waals surface area (Å²) in [6, 6.07) is -0.234. The molecule has 3 aliphatic heterocycles. The summed E-state index contributed by atoms with van der Waals surface area (Å²) in [5.41, 5.74) is -1.46. The Kier molecular flexibility index (Phi) is 4.69. The van der Waals surface area contributed by atoms with Crippen LogP contribution in [0.25, 0.3) is 11.0 Å². The molecule has 0 bridgehead atoms. The number of morpholine rings is 1. The van der Waals surface area contributed by atoms with Crippen LogP contribution in [-0.2, 0) is 20.7 Å². The van der Waals surface area contributed by atoms with E-state index < -0.39 is 47.1 Å². The molecule has 4 heterocycles. The number of hydrogen-bond donors (Lipinski definition) is 3. The molecule has 1 spiro atoms. The lowest BCUT2D eigenvalue weighted by atomic mass is 9.66. The number of halogens is 1. The van der Waals surface area contributed by atoms with Crippen molar-refractivity contribution in [3.63, 3.8) is 0 Å². The standard InChI is InChI=1S/C23H24FN5O6/c1-9-8-29-16-12(6-23(18(29)10(2)34-9)20(31)26-22(33)27-21(23)32)5-13-15(28-35-17(13)14(16)24)19(30)25-7-11-3-4-11/h5,9-11,18H,3-4,6-8H2,1-2H3,(H,25,30)(H2,26,27,31,32,33)/t9-,10+,18-/m0/s1. The number of ether oxygens (including phenoxy) is 1. The second kappa shape index (κ2) is 7.48. The van der Waals surface area contributed by atoms with Crippen molar-refractivity contribution >= 4 is 40.4 Å².